The molecule has 0 aliphatic carbocycles. The average molecular weight is 348 g/mol. The molecule has 0 aromatic heterocycles. The van der Waals surface area contributed by atoms with E-state index in [0.717, 1.165) is 36.4 Å². The molecule has 24 heavy (non-hydrogen) atoms. The second-order valence-electron chi connectivity index (χ2n) is 5.86. The minimum absolute atomic E-state index is 0. The number of hydrogen-bond acceptors (Lipinski definition) is 3. The van der Waals surface area contributed by atoms with E-state index in [0.29, 0.717) is 6.61 Å². The van der Waals surface area contributed by atoms with Gasteiger partial charge in [0.05, 0.1) is 6.42 Å². The molecule has 0 radical (unpaired) electrons. The van der Waals surface area contributed by atoms with Crippen molar-refractivity contribution in [1.82, 2.24) is 0 Å². The first kappa shape index (κ1) is 18.1. The van der Waals surface area contributed by atoms with Gasteiger partial charge < -0.3 is 14.7 Å². The first-order chi connectivity index (χ1) is 11.2. The third-order valence-corrected chi connectivity index (χ3v) is 4.20. The molecular formula is C19H22ClNO3. The van der Waals surface area contributed by atoms with Crippen molar-refractivity contribution in [1.29, 1.82) is 0 Å². The number of rotatable bonds is 6. The van der Waals surface area contributed by atoms with E-state index in [9.17, 15) is 4.79 Å². The summed E-state index contributed by atoms with van der Waals surface area (Å²) in [4.78, 5) is 13.1. The van der Waals surface area contributed by atoms with Crippen LogP contribution in [0.4, 0.5) is 5.69 Å². The molecule has 1 N–H and O–H groups in total. The Kier molecular flexibility index (Phi) is 6.50. The minimum Gasteiger partial charge on any atom is -0.489 e. The SMILES string of the molecule is Cl.O=C(O)C[C@@H]1CCCN1c1ccc(OCc2ccccc2)cc1. The third-order valence-electron chi connectivity index (χ3n) is 4.20. The molecule has 3 rings (SSSR count). The van der Waals surface area contributed by atoms with Gasteiger partial charge in [0.2, 0.25) is 0 Å². The summed E-state index contributed by atoms with van der Waals surface area (Å²) in [7, 11) is 0. The molecule has 0 saturated carbocycles. The quantitative estimate of drug-likeness (QED) is 0.853. The zero-order valence-electron chi connectivity index (χ0n) is 13.4. The molecule has 1 saturated heterocycles. The number of ether oxygens (including phenoxy) is 1. The molecule has 0 amide bonds. The number of carboxylic acids is 1. The van der Waals surface area contributed by atoms with Gasteiger partial charge in [-0.3, -0.25) is 4.79 Å². The largest absolute Gasteiger partial charge is 0.489 e. The third kappa shape index (κ3) is 4.65. The Morgan fingerprint density at radius 1 is 1.12 bits per heavy atom. The Balaban J connectivity index is 0.00000208. The number of nitrogens with zero attached hydrogens (tertiary/aromatic N) is 1. The Morgan fingerprint density at radius 3 is 2.50 bits per heavy atom. The van der Waals surface area contributed by atoms with Gasteiger partial charge >= 0.3 is 5.97 Å². The van der Waals surface area contributed by atoms with Crippen LogP contribution in [0.3, 0.4) is 0 Å². The van der Waals surface area contributed by atoms with Crippen molar-refractivity contribution in [2.45, 2.75) is 31.9 Å². The van der Waals surface area contributed by atoms with Crippen LogP contribution in [0.1, 0.15) is 24.8 Å². The normalized spacial score (nSPS) is 16.5. The Labute approximate surface area is 148 Å². The lowest BCUT2D eigenvalue weighted by molar-refractivity contribution is -0.137. The molecule has 5 heteroatoms. The molecule has 0 bridgehead atoms. The second-order valence-corrected chi connectivity index (χ2v) is 5.86. The lowest BCUT2D eigenvalue weighted by Gasteiger charge is -2.25. The zero-order valence-corrected chi connectivity index (χ0v) is 14.2. The van der Waals surface area contributed by atoms with E-state index in [-0.39, 0.29) is 24.9 Å². The van der Waals surface area contributed by atoms with Gasteiger partial charge in [-0.1, -0.05) is 30.3 Å². The fraction of sp³-hybridized carbons (Fsp3) is 0.316. The van der Waals surface area contributed by atoms with Crippen molar-refractivity contribution < 1.29 is 14.6 Å². The monoisotopic (exact) mass is 347 g/mol. The maximum atomic E-state index is 11.0. The van der Waals surface area contributed by atoms with Crippen LogP contribution in [0.5, 0.6) is 5.75 Å². The van der Waals surface area contributed by atoms with Crippen molar-refractivity contribution in [2.75, 3.05) is 11.4 Å². The van der Waals surface area contributed by atoms with Gasteiger partial charge in [0.1, 0.15) is 12.4 Å². The molecule has 4 nitrogen and oxygen atoms in total. The van der Waals surface area contributed by atoms with Crippen LogP contribution < -0.4 is 9.64 Å². The molecule has 128 valence electrons. The van der Waals surface area contributed by atoms with Gasteiger partial charge in [0.15, 0.2) is 0 Å². The van der Waals surface area contributed by atoms with Crippen molar-refractivity contribution in [2.24, 2.45) is 0 Å². The Hall–Kier alpha value is -2.20. The summed E-state index contributed by atoms with van der Waals surface area (Å²) in [5, 5.41) is 9.01. The summed E-state index contributed by atoms with van der Waals surface area (Å²) < 4.78 is 5.79. The van der Waals surface area contributed by atoms with Gasteiger partial charge in [-0.25, -0.2) is 0 Å². The standard InChI is InChI=1S/C19H21NO3.ClH/c21-19(22)13-17-7-4-12-20(17)16-8-10-18(11-9-16)23-14-15-5-2-1-3-6-15;/h1-3,5-6,8-11,17H,4,7,12-14H2,(H,21,22);1H/t17-;/m0./s1. The van der Waals surface area contributed by atoms with Crippen molar-refractivity contribution in [3.63, 3.8) is 0 Å². The highest BCUT2D eigenvalue weighted by molar-refractivity contribution is 5.85. The molecular weight excluding hydrogens is 326 g/mol. The molecule has 1 heterocycles. The number of anilines is 1. The van der Waals surface area contributed by atoms with E-state index in [2.05, 4.69) is 4.90 Å². The van der Waals surface area contributed by atoms with E-state index >= 15 is 0 Å². The van der Waals surface area contributed by atoms with Gasteiger partial charge in [-0.15, -0.1) is 12.4 Å². The summed E-state index contributed by atoms with van der Waals surface area (Å²) in [6, 6.07) is 18.1. The molecule has 1 atom stereocenters. The van der Waals surface area contributed by atoms with Crippen LogP contribution in [0, 0.1) is 0 Å². The van der Waals surface area contributed by atoms with E-state index in [1.54, 1.807) is 0 Å². The highest BCUT2D eigenvalue weighted by Crippen LogP contribution is 2.29. The van der Waals surface area contributed by atoms with Crippen molar-refractivity contribution in [3.05, 3.63) is 60.2 Å². The summed E-state index contributed by atoms with van der Waals surface area (Å²) >= 11 is 0. The van der Waals surface area contributed by atoms with Gasteiger partial charge in [-0.2, -0.15) is 0 Å². The number of hydrogen-bond donors (Lipinski definition) is 1. The van der Waals surface area contributed by atoms with E-state index in [1.165, 1.54) is 0 Å². The lowest BCUT2D eigenvalue weighted by atomic mass is 10.1. The Morgan fingerprint density at radius 2 is 1.83 bits per heavy atom. The average Bonchev–Trinajstić information content (AvgIpc) is 3.02. The smallest absolute Gasteiger partial charge is 0.305 e. The molecule has 0 spiro atoms. The molecule has 0 unspecified atom stereocenters. The summed E-state index contributed by atoms with van der Waals surface area (Å²) in [5.41, 5.74) is 2.21. The first-order valence-corrected chi connectivity index (χ1v) is 7.97. The molecule has 1 fully saturated rings. The van der Waals surface area contributed by atoms with Crippen LogP contribution in [-0.4, -0.2) is 23.7 Å². The van der Waals surface area contributed by atoms with Crippen molar-refractivity contribution in [3.8, 4) is 5.75 Å². The molecule has 2 aromatic carbocycles. The maximum absolute atomic E-state index is 11.0. The van der Waals surface area contributed by atoms with Crippen LogP contribution in [-0.2, 0) is 11.4 Å². The predicted octanol–water partition coefficient (Wildman–Crippen LogP) is 4.13. The fourth-order valence-corrected chi connectivity index (χ4v) is 3.06. The summed E-state index contributed by atoms with van der Waals surface area (Å²) in [6.45, 7) is 1.47. The van der Waals surface area contributed by atoms with Crippen LogP contribution in [0.2, 0.25) is 0 Å². The summed E-state index contributed by atoms with van der Waals surface area (Å²) in [6.07, 6.45) is 2.19. The minimum atomic E-state index is -0.732. The Bertz CT molecular complexity index is 645. The highest BCUT2D eigenvalue weighted by atomic mass is 35.5. The predicted molar refractivity (Wildman–Crippen MR) is 97.1 cm³/mol. The molecule has 2 aromatic rings. The van der Waals surface area contributed by atoms with Gasteiger partial charge in [0, 0.05) is 18.3 Å². The topological polar surface area (TPSA) is 49.8 Å². The number of carboxylic acid groups (broad SMARTS) is 1. The van der Waals surface area contributed by atoms with Crippen LogP contribution in [0.25, 0.3) is 0 Å². The summed E-state index contributed by atoms with van der Waals surface area (Å²) in [5.74, 6) is 0.0938. The fourth-order valence-electron chi connectivity index (χ4n) is 3.06. The lowest BCUT2D eigenvalue weighted by Crippen LogP contribution is -2.31. The van der Waals surface area contributed by atoms with Crippen LogP contribution in [0.15, 0.2) is 54.6 Å². The van der Waals surface area contributed by atoms with Gasteiger partial charge in [-0.05, 0) is 42.7 Å². The maximum Gasteiger partial charge on any atom is 0.305 e. The first-order valence-electron chi connectivity index (χ1n) is 7.97. The number of benzene rings is 2. The molecule has 1 aliphatic heterocycles. The highest BCUT2D eigenvalue weighted by Gasteiger charge is 2.26. The van der Waals surface area contributed by atoms with E-state index in [1.807, 2.05) is 54.6 Å². The van der Waals surface area contributed by atoms with Gasteiger partial charge in [0.25, 0.3) is 0 Å². The zero-order chi connectivity index (χ0) is 16.1. The van der Waals surface area contributed by atoms with Crippen LogP contribution >= 0.6 is 12.4 Å². The number of carbonyl (C=O) groups is 1. The van der Waals surface area contributed by atoms with Crippen molar-refractivity contribution >= 4 is 24.1 Å². The molecule has 1 aliphatic rings. The van der Waals surface area contributed by atoms with E-state index < -0.39 is 5.97 Å². The number of aliphatic carboxylic acids is 1. The second kappa shape index (κ2) is 8.60. The van der Waals surface area contributed by atoms with E-state index in [4.69, 9.17) is 9.84 Å². The number of halogens is 1.